The zero-order valence-corrected chi connectivity index (χ0v) is 9.30. The van der Waals surface area contributed by atoms with Gasteiger partial charge in [0, 0.05) is 0 Å². The number of nitrogens with zero attached hydrogens (tertiary/aromatic N) is 2. The van der Waals surface area contributed by atoms with Gasteiger partial charge in [-0.2, -0.15) is 5.43 Å². The molecular formula is C11H14N3O2+. The van der Waals surface area contributed by atoms with Crippen LogP contribution in [0.3, 0.4) is 0 Å². The fourth-order valence-electron chi connectivity index (χ4n) is 1.64. The van der Waals surface area contributed by atoms with Gasteiger partial charge in [0.2, 0.25) is 0 Å². The number of amides is 4. The second-order valence-electron chi connectivity index (χ2n) is 4.22. The van der Waals surface area contributed by atoms with Gasteiger partial charge in [0.25, 0.3) is 0 Å². The van der Waals surface area contributed by atoms with Crippen molar-refractivity contribution in [3.8, 4) is 0 Å². The molecule has 0 aromatic heterocycles. The molecule has 0 spiro atoms. The summed E-state index contributed by atoms with van der Waals surface area (Å²) >= 11 is 0. The number of rotatable bonds is 2. The molecule has 4 amide bonds. The van der Waals surface area contributed by atoms with Crippen LogP contribution in [0, 0.1) is 0 Å². The van der Waals surface area contributed by atoms with Crippen molar-refractivity contribution in [3.05, 3.63) is 35.9 Å². The lowest BCUT2D eigenvalue weighted by molar-refractivity contribution is -0.840. The number of hydrogen-bond acceptors (Lipinski definition) is 2. The van der Waals surface area contributed by atoms with E-state index in [2.05, 4.69) is 5.43 Å². The highest BCUT2D eigenvalue weighted by Crippen LogP contribution is 2.15. The molecule has 0 bridgehead atoms. The SMILES string of the molecule is C[N+]1(C)NC(=O)N(Cc2ccccc2)C1=O. The largest absolute Gasteiger partial charge is 0.451 e. The third-order valence-electron chi connectivity index (χ3n) is 2.51. The van der Waals surface area contributed by atoms with E-state index in [4.69, 9.17) is 0 Å². The number of benzene rings is 1. The summed E-state index contributed by atoms with van der Waals surface area (Å²) in [4.78, 5) is 24.7. The lowest BCUT2D eigenvalue weighted by atomic mass is 10.2. The molecule has 1 saturated heterocycles. The fourth-order valence-corrected chi connectivity index (χ4v) is 1.64. The second kappa shape index (κ2) is 3.61. The van der Waals surface area contributed by atoms with E-state index in [0.29, 0.717) is 6.54 Å². The molecule has 0 atom stereocenters. The van der Waals surface area contributed by atoms with E-state index in [-0.39, 0.29) is 16.7 Å². The van der Waals surface area contributed by atoms with Crippen molar-refractivity contribution in [1.82, 2.24) is 10.3 Å². The summed E-state index contributed by atoms with van der Waals surface area (Å²) in [5, 5.41) is 0. The second-order valence-corrected chi connectivity index (χ2v) is 4.22. The molecule has 2 rings (SSSR count). The van der Waals surface area contributed by atoms with Crippen LogP contribution in [-0.4, -0.2) is 35.6 Å². The molecule has 1 heterocycles. The number of hydrogen-bond donors (Lipinski definition) is 1. The smallest absolute Gasteiger partial charge is 0.243 e. The van der Waals surface area contributed by atoms with E-state index >= 15 is 0 Å². The molecule has 84 valence electrons. The first-order valence-corrected chi connectivity index (χ1v) is 5.03. The zero-order chi connectivity index (χ0) is 11.8. The molecule has 0 unspecified atom stereocenters. The maximum atomic E-state index is 11.9. The molecule has 1 N–H and O–H groups in total. The van der Waals surface area contributed by atoms with Crippen molar-refractivity contribution >= 4 is 12.1 Å². The lowest BCUT2D eigenvalue weighted by Crippen LogP contribution is -2.49. The molecule has 0 radical (unpaired) electrons. The molecule has 0 aliphatic carbocycles. The van der Waals surface area contributed by atoms with E-state index < -0.39 is 0 Å². The van der Waals surface area contributed by atoms with Crippen LogP contribution in [-0.2, 0) is 6.54 Å². The average Bonchev–Trinajstić information content (AvgIpc) is 2.42. The molecular weight excluding hydrogens is 206 g/mol. The first-order valence-electron chi connectivity index (χ1n) is 5.03. The Morgan fingerprint density at radius 3 is 2.31 bits per heavy atom. The fraction of sp³-hybridized carbons (Fsp3) is 0.273. The molecule has 1 aromatic rings. The molecule has 1 aliphatic heterocycles. The number of quaternary nitrogens is 1. The Hall–Kier alpha value is -1.88. The standard InChI is InChI=1S/C11H13N3O2/c1-14(2)11(16)13(10(15)12-14)8-9-6-4-3-5-7-9/h3-7H,8H2,1-2H3/p+1. The monoisotopic (exact) mass is 220 g/mol. The number of urea groups is 2. The molecule has 1 fully saturated rings. The van der Waals surface area contributed by atoms with Gasteiger partial charge in [0.1, 0.15) is 14.1 Å². The van der Waals surface area contributed by atoms with Crippen molar-refractivity contribution < 1.29 is 14.2 Å². The highest BCUT2D eigenvalue weighted by molar-refractivity contribution is 5.94. The maximum Gasteiger partial charge on any atom is 0.451 e. The van der Waals surface area contributed by atoms with Gasteiger partial charge in [-0.15, -0.1) is 4.59 Å². The third-order valence-corrected chi connectivity index (χ3v) is 2.51. The number of carbonyl (C=O) groups excluding carboxylic acids is 2. The molecule has 5 nitrogen and oxygen atoms in total. The van der Waals surface area contributed by atoms with Gasteiger partial charge in [-0.1, -0.05) is 30.3 Å². The third kappa shape index (κ3) is 1.77. The predicted octanol–water partition coefficient (Wildman–Crippen LogP) is 1.32. The van der Waals surface area contributed by atoms with Gasteiger partial charge in [0.05, 0.1) is 6.54 Å². The Morgan fingerprint density at radius 2 is 1.81 bits per heavy atom. The van der Waals surface area contributed by atoms with E-state index in [0.717, 1.165) is 5.56 Å². The minimum atomic E-state index is -0.348. The molecule has 1 aliphatic rings. The first kappa shape index (κ1) is 10.6. The Balaban J connectivity index is 2.18. The zero-order valence-electron chi connectivity index (χ0n) is 9.30. The van der Waals surface area contributed by atoms with E-state index in [1.165, 1.54) is 4.90 Å². The van der Waals surface area contributed by atoms with Gasteiger partial charge in [-0.25, -0.2) is 14.5 Å². The van der Waals surface area contributed by atoms with E-state index in [1.807, 2.05) is 30.3 Å². The maximum absolute atomic E-state index is 11.9. The summed E-state index contributed by atoms with van der Waals surface area (Å²) in [6, 6.07) is 8.85. The summed E-state index contributed by atoms with van der Waals surface area (Å²) in [5.74, 6) is 0. The van der Waals surface area contributed by atoms with Gasteiger partial charge in [0.15, 0.2) is 0 Å². The van der Waals surface area contributed by atoms with Crippen molar-refractivity contribution in [2.75, 3.05) is 14.1 Å². The summed E-state index contributed by atoms with van der Waals surface area (Å²) < 4.78 is -0.133. The van der Waals surface area contributed by atoms with Gasteiger partial charge in [-0.05, 0) is 5.56 Å². The van der Waals surface area contributed by atoms with Crippen molar-refractivity contribution in [2.24, 2.45) is 0 Å². The lowest BCUT2D eigenvalue weighted by Gasteiger charge is -2.16. The number of nitrogens with one attached hydrogen (secondary N) is 1. The molecule has 0 saturated carbocycles. The highest BCUT2D eigenvalue weighted by Gasteiger charge is 2.46. The normalized spacial score (nSPS) is 18.8. The molecule has 5 heteroatoms. The number of carbonyl (C=O) groups is 2. The Morgan fingerprint density at radius 1 is 1.19 bits per heavy atom. The van der Waals surface area contributed by atoms with Gasteiger partial charge < -0.3 is 0 Å². The minimum Gasteiger partial charge on any atom is -0.243 e. The Bertz CT molecular complexity index is 428. The first-order chi connectivity index (χ1) is 7.50. The van der Waals surface area contributed by atoms with Crippen molar-refractivity contribution in [2.45, 2.75) is 6.54 Å². The van der Waals surface area contributed by atoms with Crippen molar-refractivity contribution in [1.29, 1.82) is 0 Å². The van der Waals surface area contributed by atoms with Crippen molar-refractivity contribution in [3.63, 3.8) is 0 Å². The molecule has 16 heavy (non-hydrogen) atoms. The van der Waals surface area contributed by atoms with Crippen LogP contribution in [0.5, 0.6) is 0 Å². The Labute approximate surface area is 93.8 Å². The summed E-state index contributed by atoms with van der Waals surface area (Å²) in [6.45, 7) is 0.313. The van der Waals surface area contributed by atoms with Crippen LogP contribution >= 0.6 is 0 Å². The Kier molecular flexibility index (Phi) is 2.40. The quantitative estimate of drug-likeness (QED) is 0.764. The van der Waals surface area contributed by atoms with E-state index in [9.17, 15) is 9.59 Å². The van der Waals surface area contributed by atoms with Gasteiger partial charge in [-0.3, -0.25) is 0 Å². The van der Waals surface area contributed by atoms with Crippen LogP contribution in [0.2, 0.25) is 0 Å². The van der Waals surface area contributed by atoms with Crippen LogP contribution in [0.1, 0.15) is 5.56 Å². The van der Waals surface area contributed by atoms with Gasteiger partial charge >= 0.3 is 12.1 Å². The summed E-state index contributed by atoms with van der Waals surface area (Å²) in [5.41, 5.74) is 3.53. The predicted molar refractivity (Wildman–Crippen MR) is 58.0 cm³/mol. The van der Waals surface area contributed by atoms with Crippen LogP contribution in [0.4, 0.5) is 9.59 Å². The summed E-state index contributed by atoms with van der Waals surface area (Å²) in [7, 11) is 3.29. The van der Waals surface area contributed by atoms with E-state index in [1.54, 1.807) is 14.1 Å². The van der Waals surface area contributed by atoms with Crippen LogP contribution in [0.25, 0.3) is 0 Å². The van der Waals surface area contributed by atoms with Crippen LogP contribution in [0.15, 0.2) is 30.3 Å². The highest BCUT2D eigenvalue weighted by atomic mass is 16.2. The average molecular weight is 220 g/mol. The number of imide groups is 1. The topological polar surface area (TPSA) is 49.4 Å². The van der Waals surface area contributed by atoms with Crippen LogP contribution < -0.4 is 5.43 Å². The molecule has 1 aromatic carbocycles. The summed E-state index contributed by atoms with van der Waals surface area (Å²) in [6.07, 6.45) is 0. The minimum absolute atomic E-state index is 0.133.